The predicted octanol–water partition coefficient (Wildman–Crippen LogP) is 2.78. The quantitative estimate of drug-likeness (QED) is 0.947. The van der Waals surface area contributed by atoms with Crippen molar-refractivity contribution >= 4 is 15.9 Å². The first-order valence-corrected chi connectivity index (χ1v) is 6.28. The number of aliphatic hydroxyl groups is 1. The summed E-state index contributed by atoms with van der Waals surface area (Å²) in [6.45, 7) is 3.92. The van der Waals surface area contributed by atoms with Crippen LogP contribution in [0.15, 0.2) is 28.9 Å². The van der Waals surface area contributed by atoms with E-state index in [1.165, 1.54) is 0 Å². The van der Waals surface area contributed by atoms with Crippen molar-refractivity contribution in [2.24, 2.45) is 0 Å². The van der Waals surface area contributed by atoms with E-state index >= 15 is 0 Å². The van der Waals surface area contributed by atoms with Gasteiger partial charge in [-0.05, 0) is 37.1 Å². The number of benzene rings is 1. The Morgan fingerprint density at radius 3 is 2.88 bits per heavy atom. The topological polar surface area (TPSA) is 50.9 Å². The van der Waals surface area contributed by atoms with Gasteiger partial charge in [-0.15, -0.1) is 5.10 Å². The van der Waals surface area contributed by atoms with Crippen LogP contribution in [0.2, 0.25) is 0 Å². The number of rotatable bonds is 3. The maximum Gasteiger partial charge on any atom is 0.112 e. The van der Waals surface area contributed by atoms with E-state index in [9.17, 15) is 5.11 Å². The molecule has 0 bridgehead atoms. The van der Waals surface area contributed by atoms with Crippen molar-refractivity contribution < 1.29 is 5.11 Å². The minimum Gasteiger partial charge on any atom is -0.387 e. The average molecular weight is 296 g/mol. The molecule has 17 heavy (non-hydrogen) atoms. The fourth-order valence-corrected chi connectivity index (χ4v) is 2.11. The number of halogens is 1. The summed E-state index contributed by atoms with van der Waals surface area (Å²) in [5.41, 5.74) is 2.67. The lowest BCUT2D eigenvalue weighted by Crippen LogP contribution is -1.97. The zero-order valence-electron chi connectivity index (χ0n) is 9.76. The van der Waals surface area contributed by atoms with E-state index in [1.807, 2.05) is 32.0 Å². The molecule has 1 aromatic carbocycles. The van der Waals surface area contributed by atoms with Gasteiger partial charge in [-0.25, -0.2) is 4.68 Å². The fraction of sp³-hybridized carbons (Fsp3) is 0.333. The molecule has 2 rings (SSSR count). The highest BCUT2D eigenvalue weighted by Gasteiger charge is 2.11. The van der Waals surface area contributed by atoms with Gasteiger partial charge >= 0.3 is 0 Å². The van der Waals surface area contributed by atoms with Crippen molar-refractivity contribution in [3.05, 3.63) is 40.1 Å². The molecular weight excluding hydrogens is 282 g/mol. The molecule has 0 spiro atoms. The SMILES string of the molecule is CCC(O)c1cn(-c2ccc(Br)cc2C)nn1. The standard InChI is InChI=1S/C12H14BrN3O/c1-3-12(17)10-7-16(15-14-10)11-5-4-9(13)6-8(11)2/h4-7,12,17H,3H2,1-2H3. The Hall–Kier alpha value is -1.20. The van der Waals surface area contributed by atoms with Gasteiger partial charge in [0, 0.05) is 4.47 Å². The third kappa shape index (κ3) is 2.56. The van der Waals surface area contributed by atoms with Gasteiger partial charge in [0.15, 0.2) is 0 Å². The molecule has 0 aliphatic carbocycles. The second-order valence-electron chi connectivity index (χ2n) is 3.94. The molecule has 5 heteroatoms. The summed E-state index contributed by atoms with van der Waals surface area (Å²) in [5.74, 6) is 0. The number of aliphatic hydroxyl groups excluding tert-OH is 1. The van der Waals surface area contributed by atoms with Crippen LogP contribution in [-0.4, -0.2) is 20.1 Å². The minimum atomic E-state index is -0.542. The van der Waals surface area contributed by atoms with Gasteiger partial charge in [-0.3, -0.25) is 0 Å². The molecule has 0 saturated heterocycles. The zero-order valence-corrected chi connectivity index (χ0v) is 11.3. The first-order valence-electron chi connectivity index (χ1n) is 5.48. The van der Waals surface area contributed by atoms with Crippen LogP contribution < -0.4 is 0 Å². The third-order valence-electron chi connectivity index (χ3n) is 2.64. The molecule has 4 nitrogen and oxygen atoms in total. The maximum absolute atomic E-state index is 9.68. The summed E-state index contributed by atoms with van der Waals surface area (Å²) in [6.07, 6.45) is 1.86. The highest BCUT2D eigenvalue weighted by atomic mass is 79.9. The van der Waals surface area contributed by atoms with E-state index in [2.05, 4.69) is 26.2 Å². The molecule has 2 aromatic rings. The van der Waals surface area contributed by atoms with E-state index in [1.54, 1.807) is 10.9 Å². The van der Waals surface area contributed by atoms with Gasteiger partial charge in [0.25, 0.3) is 0 Å². The lowest BCUT2D eigenvalue weighted by Gasteiger charge is -2.05. The van der Waals surface area contributed by atoms with Crippen molar-refractivity contribution in [2.75, 3.05) is 0 Å². The van der Waals surface area contributed by atoms with Crippen molar-refractivity contribution in [1.82, 2.24) is 15.0 Å². The summed E-state index contributed by atoms with van der Waals surface area (Å²) in [7, 11) is 0. The van der Waals surface area contributed by atoms with Crippen molar-refractivity contribution in [1.29, 1.82) is 0 Å². The molecule has 90 valence electrons. The normalized spacial score (nSPS) is 12.7. The predicted molar refractivity (Wildman–Crippen MR) is 69.0 cm³/mol. The molecule has 0 aliphatic heterocycles. The van der Waals surface area contributed by atoms with E-state index < -0.39 is 6.10 Å². The number of aromatic nitrogens is 3. The van der Waals surface area contributed by atoms with Gasteiger partial charge in [-0.1, -0.05) is 28.1 Å². The summed E-state index contributed by atoms with van der Waals surface area (Å²) >= 11 is 3.42. The number of nitrogens with zero attached hydrogens (tertiary/aromatic N) is 3. The van der Waals surface area contributed by atoms with Crippen LogP contribution in [0.5, 0.6) is 0 Å². The molecule has 1 aromatic heterocycles. The van der Waals surface area contributed by atoms with E-state index in [4.69, 9.17) is 0 Å². The van der Waals surface area contributed by atoms with Crippen LogP contribution in [0.25, 0.3) is 5.69 Å². The monoisotopic (exact) mass is 295 g/mol. The molecule has 1 N–H and O–H groups in total. The summed E-state index contributed by atoms with van der Waals surface area (Å²) in [4.78, 5) is 0. The van der Waals surface area contributed by atoms with Crippen molar-refractivity contribution in [2.45, 2.75) is 26.4 Å². The van der Waals surface area contributed by atoms with Gasteiger partial charge in [0.1, 0.15) is 5.69 Å². The van der Waals surface area contributed by atoms with Gasteiger partial charge < -0.3 is 5.11 Å². The lowest BCUT2D eigenvalue weighted by atomic mass is 10.2. The average Bonchev–Trinajstić information content (AvgIpc) is 2.77. The molecule has 1 atom stereocenters. The molecule has 1 unspecified atom stereocenters. The molecule has 0 aliphatic rings. The minimum absolute atomic E-state index is 0.542. The Kier molecular flexibility index (Phi) is 3.59. The Labute approximate surface area is 108 Å². The third-order valence-corrected chi connectivity index (χ3v) is 3.14. The lowest BCUT2D eigenvalue weighted by molar-refractivity contribution is 0.169. The maximum atomic E-state index is 9.68. The first kappa shape index (κ1) is 12.3. The molecule has 0 radical (unpaired) electrons. The van der Waals surface area contributed by atoms with Crippen LogP contribution in [-0.2, 0) is 0 Å². The summed E-state index contributed by atoms with van der Waals surface area (Å²) < 4.78 is 2.73. The highest BCUT2D eigenvalue weighted by Crippen LogP contribution is 2.20. The zero-order chi connectivity index (χ0) is 12.4. The largest absolute Gasteiger partial charge is 0.387 e. The number of hydrogen-bond donors (Lipinski definition) is 1. The van der Waals surface area contributed by atoms with Crippen molar-refractivity contribution in [3.8, 4) is 5.69 Å². The number of hydrogen-bond acceptors (Lipinski definition) is 3. The number of aryl methyl sites for hydroxylation is 1. The van der Waals surface area contributed by atoms with Crippen LogP contribution in [0.4, 0.5) is 0 Å². The van der Waals surface area contributed by atoms with Crippen molar-refractivity contribution in [3.63, 3.8) is 0 Å². The Balaban J connectivity index is 2.37. The summed E-state index contributed by atoms with van der Waals surface area (Å²) in [5, 5.41) is 17.7. The van der Waals surface area contributed by atoms with Crippen LogP contribution in [0.1, 0.15) is 30.7 Å². The Morgan fingerprint density at radius 1 is 1.47 bits per heavy atom. The fourth-order valence-electron chi connectivity index (χ4n) is 1.63. The summed E-state index contributed by atoms with van der Waals surface area (Å²) in [6, 6.07) is 5.95. The second-order valence-corrected chi connectivity index (χ2v) is 4.86. The first-order chi connectivity index (χ1) is 8.11. The van der Waals surface area contributed by atoms with Crippen LogP contribution >= 0.6 is 15.9 Å². The van der Waals surface area contributed by atoms with Gasteiger partial charge in [0.2, 0.25) is 0 Å². The smallest absolute Gasteiger partial charge is 0.112 e. The molecule has 0 saturated carbocycles. The van der Waals surface area contributed by atoms with Gasteiger partial charge in [-0.2, -0.15) is 0 Å². The molecule has 0 fully saturated rings. The molecular formula is C12H14BrN3O. The van der Waals surface area contributed by atoms with Crippen LogP contribution in [0.3, 0.4) is 0 Å². The van der Waals surface area contributed by atoms with Crippen LogP contribution in [0, 0.1) is 6.92 Å². The van der Waals surface area contributed by atoms with Gasteiger partial charge in [0.05, 0.1) is 18.0 Å². The highest BCUT2D eigenvalue weighted by molar-refractivity contribution is 9.10. The Bertz CT molecular complexity index is 524. The molecule has 0 amide bonds. The molecule has 1 heterocycles. The van der Waals surface area contributed by atoms with E-state index in [0.717, 1.165) is 15.7 Å². The second kappa shape index (κ2) is 4.98. The van der Waals surface area contributed by atoms with E-state index in [0.29, 0.717) is 12.1 Å². The Morgan fingerprint density at radius 2 is 2.24 bits per heavy atom. The van der Waals surface area contributed by atoms with E-state index in [-0.39, 0.29) is 0 Å².